The topological polar surface area (TPSA) is 50.7 Å². The summed E-state index contributed by atoms with van der Waals surface area (Å²) in [4.78, 5) is 0. The third-order valence-corrected chi connectivity index (χ3v) is 2.08. The minimum atomic E-state index is -0.485. The van der Waals surface area contributed by atoms with Crippen molar-refractivity contribution in [2.45, 2.75) is 6.92 Å². The number of nitrogens with two attached hydrogens (primary N) is 1. The monoisotopic (exact) mass is 128 g/mol. The highest BCUT2D eigenvalue weighted by molar-refractivity contribution is 8.14. The molecule has 44 valence electrons. The lowest BCUT2D eigenvalue weighted by atomic mass is 10.9. The minimum Gasteiger partial charge on any atom is -0.403 e. The highest BCUT2D eigenvalue weighted by Gasteiger charge is 1.90. The van der Waals surface area contributed by atoms with Crippen molar-refractivity contribution in [2.24, 2.45) is 15.9 Å². The molecule has 8 heavy (non-hydrogen) atoms. The van der Waals surface area contributed by atoms with Gasteiger partial charge in [-0.05, 0) is 6.92 Å². The molecule has 2 N–H and O–H groups in total. The van der Waals surface area contributed by atoms with Crippen LogP contribution in [0.2, 0.25) is 0 Å². The fourth-order valence-corrected chi connectivity index (χ4v) is 0.919. The second-order valence-electron chi connectivity index (χ2n) is 1.40. The van der Waals surface area contributed by atoms with Gasteiger partial charge in [0.25, 0.3) is 0 Å². The number of hydrogen-bond acceptors (Lipinski definition) is 4. The van der Waals surface area contributed by atoms with Gasteiger partial charge in [-0.2, -0.15) is 10.2 Å². The Bertz CT molecular complexity index is 207. The van der Waals surface area contributed by atoms with E-state index in [1.54, 1.807) is 0 Å². The van der Waals surface area contributed by atoms with Crippen LogP contribution in [0.4, 0.5) is 0 Å². The Labute approximate surface area is 49.9 Å². The molecule has 0 fully saturated rings. The van der Waals surface area contributed by atoms with Crippen molar-refractivity contribution < 1.29 is 0 Å². The maximum Gasteiger partial charge on any atom is 0.0311 e. The fraction of sp³-hybridized carbons (Fsp3) is 0.250. The summed E-state index contributed by atoms with van der Waals surface area (Å²) in [5.74, 6) is 0. The van der Waals surface area contributed by atoms with E-state index >= 15 is 0 Å². The van der Waals surface area contributed by atoms with Crippen molar-refractivity contribution >= 4 is 20.5 Å². The van der Waals surface area contributed by atoms with E-state index in [-0.39, 0.29) is 0 Å². The smallest absolute Gasteiger partial charge is 0.0311 e. The van der Waals surface area contributed by atoms with Crippen molar-refractivity contribution in [3.05, 3.63) is 0 Å². The lowest BCUT2D eigenvalue weighted by Crippen LogP contribution is -2.15. The van der Waals surface area contributed by atoms with E-state index in [0.717, 1.165) is 5.04 Å². The van der Waals surface area contributed by atoms with E-state index in [0.29, 0.717) is 5.17 Å². The third-order valence-electron chi connectivity index (χ3n) is 0.833. The molecule has 0 aromatic rings. The summed E-state index contributed by atoms with van der Waals surface area (Å²) in [7, 11) is -0.485. The molecule has 0 radical (unpaired) electrons. The van der Waals surface area contributed by atoms with Gasteiger partial charge in [0.05, 0.1) is 0 Å². The van der Waals surface area contributed by atoms with Gasteiger partial charge in [0.15, 0.2) is 0 Å². The van der Waals surface area contributed by atoms with Crippen LogP contribution in [0, 0.1) is 5.69 Å². The summed E-state index contributed by atoms with van der Waals surface area (Å²) in [6.07, 6.45) is 0. The van der Waals surface area contributed by atoms with Crippen LogP contribution in [0.3, 0.4) is 0 Å². The minimum absolute atomic E-state index is 0.433. The van der Waals surface area contributed by atoms with Crippen molar-refractivity contribution in [1.82, 2.24) is 0 Å². The second-order valence-corrected chi connectivity index (χ2v) is 3.08. The first kappa shape index (κ1) is 5.41. The molecular weight excluding hydrogens is 122 g/mol. The van der Waals surface area contributed by atoms with Crippen LogP contribution in [0.1, 0.15) is 6.92 Å². The summed E-state index contributed by atoms with van der Waals surface area (Å²) < 4.78 is 0. The van der Waals surface area contributed by atoms with Gasteiger partial charge in [0.2, 0.25) is 0 Å². The zero-order valence-electron chi connectivity index (χ0n) is 4.46. The van der Waals surface area contributed by atoms with E-state index in [1.807, 2.05) is 6.92 Å². The molecule has 4 heteroatoms. The predicted molar refractivity (Wildman–Crippen MR) is 37.0 cm³/mol. The average molecular weight is 128 g/mol. The second kappa shape index (κ2) is 1.65. The van der Waals surface area contributed by atoms with Crippen LogP contribution in [0.5, 0.6) is 0 Å². The van der Waals surface area contributed by atoms with Gasteiger partial charge in [-0.25, -0.2) is 0 Å². The SMILES string of the molecule is C#[S-]1C(C)=NN=C1N. The van der Waals surface area contributed by atoms with E-state index in [9.17, 15) is 0 Å². The van der Waals surface area contributed by atoms with Crippen molar-refractivity contribution in [3.8, 4) is 5.69 Å². The molecule has 1 heterocycles. The van der Waals surface area contributed by atoms with Gasteiger partial charge in [0, 0.05) is 5.17 Å². The molecule has 1 aliphatic heterocycles. The van der Waals surface area contributed by atoms with Crippen molar-refractivity contribution in [3.63, 3.8) is 0 Å². The summed E-state index contributed by atoms with van der Waals surface area (Å²) >= 11 is 0. The Morgan fingerprint density at radius 1 is 1.62 bits per heavy atom. The van der Waals surface area contributed by atoms with Crippen LogP contribution in [0.15, 0.2) is 10.2 Å². The molecule has 0 aliphatic carbocycles. The summed E-state index contributed by atoms with van der Waals surface area (Å²) in [5.41, 5.74) is 10.8. The summed E-state index contributed by atoms with van der Waals surface area (Å²) in [5, 5.41) is 8.47. The Morgan fingerprint density at radius 3 is 2.38 bits per heavy atom. The molecule has 0 saturated heterocycles. The Hall–Kier alpha value is -0.730. The Kier molecular flexibility index (Phi) is 1.12. The zero-order chi connectivity index (χ0) is 6.15. The lowest BCUT2D eigenvalue weighted by Gasteiger charge is -2.05. The fourth-order valence-electron chi connectivity index (χ4n) is 0.359. The maximum absolute atomic E-state index is 5.46. The van der Waals surface area contributed by atoms with Crippen molar-refractivity contribution in [2.75, 3.05) is 0 Å². The van der Waals surface area contributed by atoms with Crippen LogP contribution < -0.4 is 5.73 Å². The lowest BCUT2D eigenvalue weighted by molar-refractivity contribution is 1.25. The van der Waals surface area contributed by atoms with E-state index in [2.05, 4.69) is 10.2 Å². The predicted octanol–water partition coefficient (Wildman–Crippen LogP) is -0.145. The average Bonchev–Trinajstić information content (AvgIpc) is 1.98. The molecule has 3 nitrogen and oxygen atoms in total. The summed E-state index contributed by atoms with van der Waals surface area (Å²) in [6.45, 7) is 1.81. The number of amidine groups is 1. The number of nitrogens with zero attached hydrogens (tertiary/aromatic N) is 2. The number of hydrogen-bond donors (Lipinski definition) is 1. The van der Waals surface area contributed by atoms with Crippen LogP contribution >= 0.6 is 0 Å². The Morgan fingerprint density at radius 2 is 2.25 bits per heavy atom. The van der Waals surface area contributed by atoms with E-state index in [4.69, 9.17) is 11.4 Å². The molecule has 0 unspecified atom stereocenters. The maximum atomic E-state index is 5.46. The van der Waals surface area contributed by atoms with Gasteiger partial charge in [-0.15, -0.1) is 0 Å². The third kappa shape index (κ3) is 0.638. The molecule has 0 atom stereocenters. The highest BCUT2D eigenvalue weighted by atomic mass is 32.2. The van der Waals surface area contributed by atoms with Crippen molar-refractivity contribution in [1.29, 1.82) is 0 Å². The largest absolute Gasteiger partial charge is 0.403 e. The highest BCUT2D eigenvalue weighted by Crippen LogP contribution is 1.95. The number of rotatable bonds is 0. The molecule has 0 spiro atoms. The van der Waals surface area contributed by atoms with Gasteiger partial charge in [0.1, 0.15) is 0 Å². The molecular formula is C4H6N3S-. The van der Waals surface area contributed by atoms with Crippen LogP contribution in [0.25, 0.3) is 0 Å². The van der Waals surface area contributed by atoms with Gasteiger partial charge in [-0.1, -0.05) is 5.04 Å². The summed E-state index contributed by atoms with van der Waals surface area (Å²) in [6, 6.07) is 0. The van der Waals surface area contributed by atoms with E-state index < -0.39 is 10.3 Å². The normalized spacial score (nSPS) is 20.5. The molecule has 1 aliphatic rings. The van der Waals surface area contributed by atoms with Crippen LogP contribution in [-0.2, 0) is 10.3 Å². The molecule has 1 rings (SSSR count). The standard InChI is InChI=1S/C4H6N3S/c1-3-6-7-4(5)8(3)2/h2H,1H3,(H2,5,7)/q-1. The van der Waals surface area contributed by atoms with Gasteiger partial charge < -0.3 is 21.7 Å². The van der Waals surface area contributed by atoms with Gasteiger partial charge >= 0.3 is 0 Å². The Balaban J connectivity index is 2.98. The van der Waals surface area contributed by atoms with E-state index in [1.165, 1.54) is 0 Å². The molecule has 0 aromatic heterocycles. The first-order valence-electron chi connectivity index (χ1n) is 2.08. The first-order valence-corrected chi connectivity index (χ1v) is 3.37. The first-order chi connectivity index (χ1) is 3.72. The zero-order valence-corrected chi connectivity index (χ0v) is 5.27. The molecule has 0 bridgehead atoms. The molecule has 0 aromatic carbocycles. The van der Waals surface area contributed by atoms with Gasteiger partial charge in [-0.3, -0.25) is 0 Å². The van der Waals surface area contributed by atoms with Crippen LogP contribution in [-0.4, -0.2) is 10.2 Å². The molecule has 0 amide bonds. The molecule has 0 saturated carbocycles. The quantitative estimate of drug-likeness (QED) is 0.453.